The van der Waals surface area contributed by atoms with Gasteiger partial charge in [0, 0.05) is 35.6 Å². The third kappa shape index (κ3) is 3.78. The molecule has 8 heteroatoms. The Balaban J connectivity index is 1.36. The summed E-state index contributed by atoms with van der Waals surface area (Å²) in [5.74, 6) is -0.266. The van der Waals surface area contributed by atoms with Crippen LogP contribution in [0.4, 0.5) is 0 Å². The van der Waals surface area contributed by atoms with Gasteiger partial charge in [-0.2, -0.15) is 0 Å². The first kappa shape index (κ1) is 20.7. The minimum atomic E-state index is -0.378. The minimum absolute atomic E-state index is 0.138. The number of fused-ring (bicyclic) bond motifs is 3. The normalized spacial score (nSPS) is 15.8. The highest BCUT2D eigenvalue weighted by Gasteiger charge is 2.35. The highest BCUT2D eigenvalue weighted by atomic mass is 35.5. The van der Waals surface area contributed by atoms with Crippen molar-refractivity contribution in [1.29, 1.82) is 0 Å². The molecule has 3 heterocycles. The van der Waals surface area contributed by atoms with Crippen LogP contribution in [0, 0.1) is 0 Å². The standard InChI is InChI=1S/C24H22ClN3O4/c25-17-5-3-4-16(12-17)24(8-10-31-11-9-24)14-26-20(29)13-28-15-27-21-18-6-1-2-7-19(18)32-22(21)23(28)30/h1-7,12,15H,8-11,13-14H2,(H,26,29). The summed E-state index contributed by atoms with van der Waals surface area (Å²) >= 11 is 6.22. The van der Waals surface area contributed by atoms with Crippen molar-refractivity contribution < 1.29 is 13.9 Å². The molecule has 1 saturated heterocycles. The van der Waals surface area contributed by atoms with E-state index in [2.05, 4.69) is 10.3 Å². The first-order valence-corrected chi connectivity index (χ1v) is 10.9. The van der Waals surface area contributed by atoms with Gasteiger partial charge in [0.05, 0.1) is 6.33 Å². The van der Waals surface area contributed by atoms with Crippen molar-refractivity contribution in [3.63, 3.8) is 0 Å². The molecule has 0 radical (unpaired) electrons. The van der Waals surface area contributed by atoms with E-state index in [4.69, 9.17) is 20.8 Å². The van der Waals surface area contributed by atoms with Gasteiger partial charge < -0.3 is 14.5 Å². The van der Waals surface area contributed by atoms with Gasteiger partial charge in [0.25, 0.3) is 5.56 Å². The van der Waals surface area contributed by atoms with Gasteiger partial charge in [-0.25, -0.2) is 4.98 Å². The number of nitrogens with zero attached hydrogens (tertiary/aromatic N) is 2. The van der Waals surface area contributed by atoms with E-state index in [1.165, 1.54) is 10.9 Å². The third-order valence-corrected chi connectivity index (χ3v) is 6.41. The molecule has 1 fully saturated rings. The van der Waals surface area contributed by atoms with E-state index >= 15 is 0 Å². The number of halogens is 1. The number of furan rings is 1. The number of hydrogen-bond donors (Lipinski definition) is 1. The zero-order valence-corrected chi connectivity index (χ0v) is 18.1. The molecule has 2 aromatic carbocycles. The maximum absolute atomic E-state index is 12.9. The fourth-order valence-electron chi connectivity index (χ4n) is 4.35. The van der Waals surface area contributed by atoms with Crippen molar-refractivity contribution in [2.24, 2.45) is 0 Å². The zero-order valence-electron chi connectivity index (χ0n) is 17.3. The van der Waals surface area contributed by atoms with Crippen molar-refractivity contribution in [1.82, 2.24) is 14.9 Å². The highest BCUT2D eigenvalue weighted by Crippen LogP contribution is 2.35. The van der Waals surface area contributed by atoms with Gasteiger partial charge in [0.2, 0.25) is 11.5 Å². The monoisotopic (exact) mass is 451 g/mol. The SMILES string of the molecule is O=C(Cn1cnc2c(oc3ccccc32)c1=O)NCC1(c2cccc(Cl)c2)CCOCC1. The Morgan fingerprint density at radius 1 is 1.16 bits per heavy atom. The topological polar surface area (TPSA) is 86.4 Å². The molecule has 1 aliphatic heterocycles. The lowest BCUT2D eigenvalue weighted by molar-refractivity contribution is -0.122. The molecule has 0 aliphatic carbocycles. The van der Waals surface area contributed by atoms with Crippen LogP contribution in [0.2, 0.25) is 5.02 Å². The van der Waals surface area contributed by atoms with Gasteiger partial charge in [0.15, 0.2) is 0 Å². The van der Waals surface area contributed by atoms with Crippen molar-refractivity contribution in [2.75, 3.05) is 19.8 Å². The summed E-state index contributed by atoms with van der Waals surface area (Å²) in [6, 6.07) is 15.1. The summed E-state index contributed by atoms with van der Waals surface area (Å²) in [5.41, 5.74) is 1.70. The molecule has 7 nitrogen and oxygen atoms in total. The summed E-state index contributed by atoms with van der Waals surface area (Å²) in [4.78, 5) is 30.0. The maximum Gasteiger partial charge on any atom is 0.297 e. The number of nitrogens with one attached hydrogen (secondary N) is 1. The second-order valence-corrected chi connectivity index (χ2v) is 8.57. The average Bonchev–Trinajstić information content (AvgIpc) is 3.20. The largest absolute Gasteiger partial charge is 0.448 e. The smallest absolute Gasteiger partial charge is 0.297 e. The lowest BCUT2D eigenvalue weighted by Gasteiger charge is -2.38. The Bertz CT molecular complexity index is 1350. The second kappa shape index (κ2) is 8.41. The molecule has 2 aromatic heterocycles. The summed E-state index contributed by atoms with van der Waals surface area (Å²) in [7, 11) is 0. The van der Waals surface area contributed by atoms with Crippen molar-refractivity contribution in [3.05, 3.63) is 75.8 Å². The molecular formula is C24H22ClN3O4. The Morgan fingerprint density at radius 3 is 2.78 bits per heavy atom. The number of hydrogen-bond acceptors (Lipinski definition) is 5. The van der Waals surface area contributed by atoms with Crippen LogP contribution in [0.3, 0.4) is 0 Å². The predicted molar refractivity (Wildman–Crippen MR) is 122 cm³/mol. The van der Waals surface area contributed by atoms with Gasteiger partial charge in [-0.3, -0.25) is 14.2 Å². The molecule has 0 unspecified atom stereocenters. The fraction of sp³-hybridized carbons (Fsp3) is 0.292. The number of carbonyl (C=O) groups is 1. The number of rotatable bonds is 5. The summed E-state index contributed by atoms with van der Waals surface area (Å²) in [6.07, 6.45) is 2.95. The summed E-state index contributed by atoms with van der Waals surface area (Å²) in [5, 5.41) is 4.45. The van der Waals surface area contributed by atoms with Gasteiger partial charge in [0.1, 0.15) is 17.6 Å². The van der Waals surface area contributed by atoms with E-state index in [-0.39, 0.29) is 29.0 Å². The van der Waals surface area contributed by atoms with Crippen LogP contribution >= 0.6 is 11.6 Å². The molecule has 0 saturated carbocycles. The fourth-order valence-corrected chi connectivity index (χ4v) is 4.54. The van der Waals surface area contributed by atoms with Gasteiger partial charge in [-0.1, -0.05) is 35.9 Å². The summed E-state index contributed by atoms with van der Waals surface area (Å²) < 4.78 is 12.5. The molecule has 0 spiro atoms. The first-order chi connectivity index (χ1) is 15.6. The molecule has 1 aliphatic rings. The predicted octanol–water partition coefficient (Wildman–Crippen LogP) is 3.66. The van der Waals surface area contributed by atoms with Crippen molar-refractivity contribution in [2.45, 2.75) is 24.8 Å². The van der Waals surface area contributed by atoms with Crippen LogP contribution in [0.5, 0.6) is 0 Å². The molecule has 32 heavy (non-hydrogen) atoms. The molecule has 0 bridgehead atoms. The highest BCUT2D eigenvalue weighted by molar-refractivity contribution is 6.30. The van der Waals surface area contributed by atoms with Crippen LogP contribution in [0.1, 0.15) is 18.4 Å². The average molecular weight is 452 g/mol. The van der Waals surface area contributed by atoms with Gasteiger partial charge >= 0.3 is 0 Å². The number of aromatic nitrogens is 2. The van der Waals surface area contributed by atoms with Crippen LogP contribution < -0.4 is 10.9 Å². The summed E-state index contributed by atoms with van der Waals surface area (Å²) in [6.45, 7) is 1.54. The van der Waals surface area contributed by atoms with E-state index < -0.39 is 0 Å². The molecule has 4 aromatic rings. The maximum atomic E-state index is 12.9. The molecular weight excluding hydrogens is 430 g/mol. The molecule has 5 rings (SSSR count). The van der Waals surface area contributed by atoms with E-state index in [0.29, 0.717) is 35.9 Å². The van der Waals surface area contributed by atoms with Crippen LogP contribution in [-0.4, -0.2) is 35.2 Å². The van der Waals surface area contributed by atoms with E-state index in [9.17, 15) is 9.59 Å². The van der Waals surface area contributed by atoms with E-state index in [1.54, 1.807) is 6.07 Å². The first-order valence-electron chi connectivity index (χ1n) is 10.5. The third-order valence-electron chi connectivity index (χ3n) is 6.18. The molecule has 1 N–H and O–H groups in total. The Kier molecular flexibility index (Phi) is 5.45. The van der Waals surface area contributed by atoms with Crippen molar-refractivity contribution >= 4 is 39.6 Å². The second-order valence-electron chi connectivity index (χ2n) is 8.13. The van der Waals surface area contributed by atoms with Gasteiger partial charge in [-0.05, 0) is 42.7 Å². The number of para-hydroxylation sites is 1. The van der Waals surface area contributed by atoms with Crippen molar-refractivity contribution in [3.8, 4) is 0 Å². The molecule has 1 amide bonds. The lowest BCUT2D eigenvalue weighted by atomic mass is 9.74. The Hall–Kier alpha value is -3.16. The zero-order chi connectivity index (χ0) is 22.1. The Labute approximate surface area is 188 Å². The van der Waals surface area contributed by atoms with Gasteiger partial charge in [-0.15, -0.1) is 0 Å². The lowest BCUT2D eigenvalue weighted by Crippen LogP contribution is -2.45. The number of carbonyl (C=O) groups excluding carboxylic acids is 1. The van der Waals surface area contributed by atoms with E-state index in [1.807, 2.05) is 42.5 Å². The quantitative estimate of drug-likeness (QED) is 0.500. The number of ether oxygens (including phenoxy) is 1. The van der Waals surface area contributed by atoms with E-state index in [0.717, 1.165) is 23.8 Å². The minimum Gasteiger partial charge on any atom is -0.448 e. The van der Waals surface area contributed by atoms with Crippen LogP contribution in [0.15, 0.2) is 64.1 Å². The molecule has 0 atom stereocenters. The van der Waals surface area contributed by atoms with Crippen LogP contribution in [-0.2, 0) is 21.5 Å². The molecule has 164 valence electrons. The van der Waals surface area contributed by atoms with Crippen LogP contribution in [0.25, 0.3) is 22.1 Å². The number of benzene rings is 2. The number of amides is 1. The Morgan fingerprint density at radius 2 is 1.97 bits per heavy atom.